The zero-order chi connectivity index (χ0) is 15.4. The number of hydrogen-bond donors (Lipinski definition) is 2. The molecule has 110 valence electrons. The van der Waals surface area contributed by atoms with E-state index in [1.165, 1.54) is 6.08 Å². The first-order chi connectivity index (χ1) is 10.7. The standard InChI is InChI=1S/C15H11BrN4OS/c16-12-6-2-1-5-11(12)14-18-15(20-19-14)17-13(21)8-7-10-4-3-9-22-10/h1-9H,(H2,17,18,19,20,21)/b8-7+. The highest BCUT2D eigenvalue weighted by atomic mass is 79.9. The average Bonchev–Trinajstić information content (AvgIpc) is 3.17. The number of carbonyl (C=O) groups excluding carboxylic acids is 1. The largest absolute Gasteiger partial charge is 0.290 e. The fourth-order valence-electron chi connectivity index (χ4n) is 1.79. The maximum absolute atomic E-state index is 11.8. The van der Waals surface area contributed by atoms with Gasteiger partial charge in [-0.05, 0) is 23.6 Å². The van der Waals surface area contributed by atoms with E-state index < -0.39 is 0 Å². The van der Waals surface area contributed by atoms with Crippen LogP contribution in [0.2, 0.25) is 0 Å². The molecule has 1 aromatic carbocycles. The number of benzene rings is 1. The Hall–Kier alpha value is -2.25. The minimum absolute atomic E-state index is 0.242. The van der Waals surface area contributed by atoms with Crippen LogP contribution in [0.1, 0.15) is 4.88 Å². The van der Waals surface area contributed by atoms with Gasteiger partial charge in [-0.25, -0.2) is 0 Å². The van der Waals surface area contributed by atoms with Crippen molar-refractivity contribution in [2.45, 2.75) is 0 Å². The molecular formula is C15H11BrN4OS. The van der Waals surface area contributed by atoms with Gasteiger partial charge in [-0.15, -0.1) is 16.4 Å². The minimum atomic E-state index is -0.272. The number of aromatic amines is 1. The quantitative estimate of drug-likeness (QED) is 0.679. The van der Waals surface area contributed by atoms with Crippen LogP contribution >= 0.6 is 27.3 Å². The Labute approximate surface area is 139 Å². The molecule has 0 fully saturated rings. The van der Waals surface area contributed by atoms with Crippen molar-refractivity contribution in [2.75, 3.05) is 5.32 Å². The van der Waals surface area contributed by atoms with Gasteiger partial charge in [0.25, 0.3) is 5.91 Å². The number of anilines is 1. The number of amides is 1. The van der Waals surface area contributed by atoms with Gasteiger partial charge in [0.2, 0.25) is 5.95 Å². The third-order valence-corrected chi connectivity index (χ3v) is 4.32. The van der Waals surface area contributed by atoms with Gasteiger partial charge in [0, 0.05) is 21.0 Å². The van der Waals surface area contributed by atoms with Crippen molar-refractivity contribution in [2.24, 2.45) is 0 Å². The summed E-state index contributed by atoms with van der Waals surface area (Å²) < 4.78 is 0.904. The molecule has 0 atom stereocenters. The molecule has 0 unspecified atom stereocenters. The molecule has 2 heterocycles. The van der Waals surface area contributed by atoms with E-state index in [2.05, 4.69) is 36.4 Å². The Morgan fingerprint density at radius 2 is 2.14 bits per heavy atom. The van der Waals surface area contributed by atoms with Crippen molar-refractivity contribution >= 4 is 45.2 Å². The number of carbonyl (C=O) groups is 1. The Balaban J connectivity index is 1.69. The van der Waals surface area contributed by atoms with Crippen molar-refractivity contribution in [3.05, 3.63) is 57.2 Å². The summed E-state index contributed by atoms with van der Waals surface area (Å²) in [4.78, 5) is 17.1. The topological polar surface area (TPSA) is 70.7 Å². The van der Waals surface area contributed by atoms with E-state index >= 15 is 0 Å². The van der Waals surface area contributed by atoms with Crippen LogP contribution in [0.15, 0.2) is 52.3 Å². The Bertz CT molecular complexity index is 811. The molecule has 0 saturated heterocycles. The van der Waals surface area contributed by atoms with Crippen LogP contribution in [-0.2, 0) is 4.79 Å². The van der Waals surface area contributed by atoms with Gasteiger partial charge in [0.1, 0.15) is 0 Å². The maximum Gasteiger partial charge on any atom is 0.250 e. The highest BCUT2D eigenvalue weighted by Crippen LogP contribution is 2.25. The van der Waals surface area contributed by atoms with Crippen LogP contribution in [0.3, 0.4) is 0 Å². The summed E-state index contributed by atoms with van der Waals surface area (Å²) in [5.41, 5.74) is 0.879. The average molecular weight is 375 g/mol. The van der Waals surface area contributed by atoms with Crippen LogP contribution < -0.4 is 5.32 Å². The van der Waals surface area contributed by atoms with Crippen molar-refractivity contribution < 1.29 is 4.79 Å². The monoisotopic (exact) mass is 374 g/mol. The zero-order valence-electron chi connectivity index (χ0n) is 11.3. The van der Waals surface area contributed by atoms with E-state index in [9.17, 15) is 4.79 Å². The summed E-state index contributed by atoms with van der Waals surface area (Å²) in [6.45, 7) is 0. The van der Waals surface area contributed by atoms with E-state index in [0.717, 1.165) is 14.9 Å². The first-order valence-electron chi connectivity index (χ1n) is 6.42. The lowest BCUT2D eigenvalue weighted by Gasteiger charge is -1.98. The molecule has 0 bridgehead atoms. The SMILES string of the molecule is O=C(/C=C/c1cccs1)Nc1n[nH]c(-c2ccccc2Br)n1. The van der Waals surface area contributed by atoms with E-state index in [4.69, 9.17) is 0 Å². The van der Waals surface area contributed by atoms with Gasteiger partial charge in [0.05, 0.1) is 0 Å². The van der Waals surface area contributed by atoms with Crippen LogP contribution in [0.5, 0.6) is 0 Å². The normalized spacial score (nSPS) is 11.0. The number of aromatic nitrogens is 3. The van der Waals surface area contributed by atoms with Gasteiger partial charge in [-0.2, -0.15) is 4.98 Å². The highest BCUT2D eigenvalue weighted by molar-refractivity contribution is 9.10. The Morgan fingerprint density at radius 1 is 1.27 bits per heavy atom. The molecule has 0 spiro atoms. The van der Waals surface area contributed by atoms with E-state index in [1.807, 2.05) is 41.8 Å². The van der Waals surface area contributed by atoms with Crippen LogP contribution in [0.4, 0.5) is 5.95 Å². The van der Waals surface area contributed by atoms with Crippen molar-refractivity contribution in [1.82, 2.24) is 15.2 Å². The van der Waals surface area contributed by atoms with Gasteiger partial charge < -0.3 is 0 Å². The van der Waals surface area contributed by atoms with Crippen molar-refractivity contribution in [1.29, 1.82) is 0 Å². The Kier molecular flexibility index (Phi) is 4.45. The van der Waals surface area contributed by atoms with Crippen LogP contribution in [-0.4, -0.2) is 21.1 Å². The molecule has 0 aliphatic heterocycles. The summed E-state index contributed by atoms with van der Waals surface area (Å²) in [5.74, 6) is 0.558. The Morgan fingerprint density at radius 3 is 2.91 bits per heavy atom. The molecule has 3 aromatic rings. The van der Waals surface area contributed by atoms with E-state index in [0.29, 0.717) is 5.82 Å². The summed E-state index contributed by atoms with van der Waals surface area (Å²) in [7, 11) is 0. The smallest absolute Gasteiger partial charge is 0.250 e. The lowest BCUT2D eigenvalue weighted by molar-refractivity contribution is -0.111. The molecule has 0 saturated carbocycles. The second kappa shape index (κ2) is 6.67. The van der Waals surface area contributed by atoms with Crippen LogP contribution in [0.25, 0.3) is 17.5 Å². The highest BCUT2D eigenvalue weighted by Gasteiger charge is 2.09. The van der Waals surface area contributed by atoms with E-state index in [-0.39, 0.29) is 11.9 Å². The molecule has 1 amide bonds. The molecule has 2 N–H and O–H groups in total. The predicted molar refractivity (Wildman–Crippen MR) is 91.5 cm³/mol. The number of thiophene rings is 1. The second-order valence-electron chi connectivity index (χ2n) is 4.33. The fourth-order valence-corrected chi connectivity index (χ4v) is 2.88. The summed E-state index contributed by atoms with van der Waals surface area (Å²) in [5, 5.41) is 11.4. The van der Waals surface area contributed by atoms with Gasteiger partial charge in [-0.1, -0.05) is 40.2 Å². The number of rotatable bonds is 4. The number of halogens is 1. The van der Waals surface area contributed by atoms with Crippen LogP contribution in [0, 0.1) is 0 Å². The van der Waals surface area contributed by atoms with Gasteiger partial charge in [0.15, 0.2) is 5.82 Å². The first-order valence-corrected chi connectivity index (χ1v) is 8.09. The molecule has 22 heavy (non-hydrogen) atoms. The molecule has 3 rings (SSSR count). The molecule has 2 aromatic heterocycles. The van der Waals surface area contributed by atoms with Gasteiger partial charge in [-0.3, -0.25) is 15.2 Å². The second-order valence-corrected chi connectivity index (χ2v) is 6.16. The molecule has 0 radical (unpaired) electrons. The first kappa shape index (κ1) is 14.7. The summed E-state index contributed by atoms with van der Waals surface area (Å²) in [6.07, 6.45) is 3.21. The van der Waals surface area contributed by atoms with Crippen molar-refractivity contribution in [3.63, 3.8) is 0 Å². The molecule has 5 nitrogen and oxygen atoms in total. The number of H-pyrrole nitrogens is 1. The zero-order valence-corrected chi connectivity index (χ0v) is 13.7. The molecule has 0 aliphatic rings. The third-order valence-electron chi connectivity index (χ3n) is 2.79. The number of hydrogen-bond acceptors (Lipinski definition) is 4. The number of nitrogens with one attached hydrogen (secondary N) is 2. The molecular weight excluding hydrogens is 364 g/mol. The summed E-state index contributed by atoms with van der Waals surface area (Å²) in [6, 6.07) is 11.5. The van der Waals surface area contributed by atoms with Crippen molar-refractivity contribution in [3.8, 4) is 11.4 Å². The minimum Gasteiger partial charge on any atom is -0.290 e. The predicted octanol–water partition coefficient (Wildman–Crippen LogP) is 3.95. The van der Waals surface area contributed by atoms with Gasteiger partial charge >= 0.3 is 0 Å². The lowest BCUT2D eigenvalue weighted by Crippen LogP contribution is -2.08. The summed E-state index contributed by atoms with van der Waals surface area (Å²) >= 11 is 5.02. The maximum atomic E-state index is 11.8. The third kappa shape index (κ3) is 3.49. The molecule has 7 heteroatoms. The molecule has 0 aliphatic carbocycles. The fraction of sp³-hybridized carbons (Fsp3) is 0. The van der Waals surface area contributed by atoms with E-state index in [1.54, 1.807) is 17.4 Å². The number of nitrogens with zero attached hydrogens (tertiary/aromatic N) is 2. The lowest BCUT2D eigenvalue weighted by atomic mass is 10.2.